The maximum atomic E-state index is 9.06. The molecule has 2 N–H and O–H groups in total. The summed E-state index contributed by atoms with van der Waals surface area (Å²) in [6, 6.07) is 8.23. The predicted octanol–water partition coefficient (Wildman–Crippen LogP) is 2.72. The van der Waals surface area contributed by atoms with Crippen molar-refractivity contribution in [2.24, 2.45) is 0 Å². The first-order chi connectivity index (χ1) is 10.2. The molecule has 1 aromatic heterocycles. The molecule has 0 aliphatic rings. The number of benzene rings is 1. The summed E-state index contributed by atoms with van der Waals surface area (Å²) in [5.41, 5.74) is 4.21. The molecule has 0 amide bonds. The van der Waals surface area contributed by atoms with Gasteiger partial charge in [0.15, 0.2) is 0 Å². The molecule has 2 aromatic rings. The molecule has 0 aliphatic carbocycles. The average molecular weight is 289 g/mol. The zero-order valence-corrected chi connectivity index (χ0v) is 12.9. The van der Waals surface area contributed by atoms with Crippen molar-refractivity contribution in [3.63, 3.8) is 0 Å². The molecule has 0 bridgehead atoms. The molecule has 5 heteroatoms. The van der Waals surface area contributed by atoms with Crippen LogP contribution in [-0.2, 0) is 6.54 Å². The Morgan fingerprint density at radius 2 is 1.95 bits per heavy atom. The van der Waals surface area contributed by atoms with Gasteiger partial charge in [0.1, 0.15) is 5.76 Å². The van der Waals surface area contributed by atoms with E-state index >= 15 is 0 Å². The summed E-state index contributed by atoms with van der Waals surface area (Å²) < 4.78 is 5.16. The Kier molecular flexibility index (Phi) is 5.22. The third-order valence-corrected chi connectivity index (χ3v) is 3.63. The van der Waals surface area contributed by atoms with Crippen molar-refractivity contribution in [3.05, 3.63) is 41.3 Å². The molecule has 0 atom stereocenters. The Bertz CT molecular complexity index is 544. The average Bonchev–Trinajstić information content (AvgIpc) is 2.82. The van der Waals surface area contributed by atoms with Gasteiger partial charge in [-0.25, -0.2) is 0 Å². The minimum absolute atomic E-state index is 0.167. The Balaban J connectivity index is 1.99. The molecular formula is C16H23N3O2. The van der Waals surface area contributed by atoms with E-state index in [0.29, 0.717) is 13.1 Å². The van der Waals surface area contributed by atoms with Gasteiger partial charge in [-0.2, -0.15) is 0 Å². The van der Waals surface area contributed by atoms with Crippen LogP contribution in [0, 0.1) is 13.8 Å². The molecule has 0 spiro atoms. The number of aryl methyl sites for hydroxylation is 2. The first kappa shape index (κ1) is 15.4. The van der Waals surface area contributed by atoms with Crippen LogP contribution in [0.5, 0.6) is 0 Å². The second kappa shape index (κ2) is 7.13. The lowest BCUT2D eigenvalue weighted by molar-refractivity contribution is 0.302. The number of nitrogens with one attached hydrogen (secondary N) is 1. The topological polar surface area (TPSA) is 61.5 Å². The van der Waals surface area contributed by atoms with E-state index in [1.54, 1.807) is 0 Å². The summed E-state index contributed by atoms with van der Waals surface area (Å²) in [5.74, 6) is 0.858. The van der Waals surface area contributed by atoms with Gasteiger partial charge >= 0.3 is 0 Å². The van der Waals surface area contributed by atoms with E-state index in [-0.39, 0.29) is 6.61 Å². The predicted molar refractivity (Wildman–Crippen MR) is 84.7 cm³/mol. The van der Waals surface area contributed by atoms with Gasteiger partial charge in [0.05, 0.1) is 12.3 Å². The first-order valence-corrected chi connectivity index (χ1v) is 7.27. The molecular weight excluding hydrogens is 266 g/mol. The van der Waals surface area contributed by atoms with Gasteiger partial charge in [0.25, 0.3) is 0 Å². The van der Waals surface area contributed by atoms with Crippen LogP contribution in [0.1, 0.15) is 23.9 Å². The van der Waals surface area contributed by atoms with Gasteiger partial charge in [-0.1, -0.05) is 5.16 Å². The van der Waals surface area contributed by atoms with Crippen molar-refractivity contribution in [3.8, 4) is 0 Å². The number of likely N-dealkylation sites (N-methyl/N-ethyl adjacent to an activating group) is 1. The van der Waals surface area contributed by atoms with Gasteiger partial charge in [-0.3, -0.25) is 0 Å². The van der Waals surface area contributed by atoms with Crippen LogP contribution in [-0.4, -0.2) is 30.0 Å². The minimum Gasteiger partial charge on any atom is -0.395 e. The summed E-state index contributed by atoms with van der Waals surface area (Å²) in [6.45, 7) is 8.36. The van der Waals surface area contributed by atoms with Crippen molar-refractivity contribution in [1.82, 2.24) is 5.16 Å². The first-order valence-electron chi connectivity index (χ1n) is 7.27. The third-order valence-electron chi connectivity index (χ3n) is 3.63. The van der Waals surface area contributed by atoms with Gasteiger partial charge in [-0.05, 0) is 45.0 Å². The van der Waals surface area contributed by atoms with Crippen LogP contribution in [0.2, 0.25) is 0 Å². The summed E-state index contributed by atoms with van der Waals surface area (Å²) in [4.78, 5) is 2.14. The zero-order valence-electron chi connectivity index (χ0n) is 12.9. The molecule has 1 heterocycles. The van der Waals surface area contributed by atoms with Crippen molar-refractivity contribution in [2.75, 3.05) is 29.9 Å². The summed E-state index contributed by atoms with van der Waals surface area (Å²) in [6.07, 6.45) is 0. The highest BCUT2D eigenvalue weighted by molar-refractivity contribution is 5.55. The van der Waals surface area contributed by atoms with Gasteiger partial charge < -0.3 is 19.8 Å². The number of anilines is 2. The smallest absolute Gasteiger partial charge is 0.138 e. The standard InChI is InChI=1S/C16H23N3O2/c1-4-19(9-10-20)15-7-5-14(6-8-15)17-11-16-12(2)18-21-13(16)3/h5-8,17,20H,4,9-11H2,1-3H3. The van der Waals surface area contributed by atoms with E-state index in [2.05, 4.69) is 34.4 Å². The molecule has 5 nitrogen and oxygen atoms in total. The number of aliphatic hydroxyl groups is 1. The fourth-order valence-electron chi connectivity index (χ4n) is 2.33. The minimum atomic E-state index is 0.167. The van der Waals surface area contributed by atoms with Crippen LogP contribution >= 0.6 is 0 Å². The highest BCUT2D eigenvalue weighted by Gasteiger charge is 2.08. The van der Waals surface area contributed by atoms with Crippen LogP contribution < -0.4 is 10.2 Å². The number of aromatic nitrogens is 1. The second-order valence-corrected chi connectivity index (χ2v) is 5.01. The number of rotatable bonds is 7. The molecule has 1 aromatic carbocycles. The van der Waals surface area contributed by atoms with Crippen molar-refractivity contribution >= 4 is 11.4 Å². The molecule has 21 heavy (non-hydrogen) atoms. The highest BCUT2D eigenvalue weighted by Crippen LogP contribution is 2.19. The number of hydrogen-bond donors (Lipinski definition) is 2. The number of aliphatic hydroxyl groups excluding tert-OH is 1. The van der Waals surface area contributed by atoms with Gasteiger partial charge in [-0.15, -0.1) is 0 Å². The van der Waals surface area contributed by atoms with Crippen LogP contribution in [0.25, 0.3) is 0 Å². The van der Waals surface area contributed by atoms with Crippen LogP contribution in [0.4, 0.5) is 11.4 Å². The molecule has 0 saturated heterocycles. The van der Waals surface area contributed by atoms with Crippen molar-refractivity contribution in [2.45, 2.75) is 27.3 Å². The molecule has 114 valence electrons. The van der Waals surface area contributed by atoms with Gasteiger partial charge in [0, 0.05) is 36.6 Å². The Labute approximate surface area is 125 Å². The molecule has 0 saturated carbocycles. The van der Waals surface area contributed by atoms with Gasteiger partial charge in [0.2, 0.25) is 0 Å². The zero-order chi connectivity index (χ0) is 15.2. The summed E-state index contributed by atoms with van der Waals surface area (Å²) >= 11 is 0. The molecule has 0 radical (unpaired) electrons. The summed E-state index contributed by atoms with van der Waals surface area (Å²) in [7, 11) is 0. The maximum absolute atomic E-state index is 9.06. The molecule has 0 aliphatic heterocycles. The monoisotopic (exact) mass is 289 g/mol. The van der Waals surface area contributed by atoms with E-state index in [0.717, 1.165) is 34.9 Å². The maximum Gasteiger partial charge on any atom is 0.138 e. The Morgan fingerprint density at radius 1 is 1.24 bits per heavy atom. The lowest BCUT2D eigenvalue weighted by atomic mass is 10.2. The molecule has 2 rings (SSSR count). The molecule has 0 fully saturated rings. The van der Waals surface area contributed by atoms with E-state index in [1.165, 1.54) is 0 Å². The van der Waals surface area contributed by atoms with Crippen LogP contribution in [0.3, 0.4) is 0 Å². The largest absolute Gasteiger partial charge is 0.395 e. The molecule has 0 unspecified atom stereocenters. The quantitative estimate of drug-likeness (QED) is 0.820. The number of nitrogens with zero attached hydrogens (tertiary/aromatic N) is 2. The van der Waals surface area contributed by atoms with Crippen molar-refractivity contribution in [1.29, 1.82) is 0 Å². The normalized spacial score (nSPS) is 10.7. The van der Waals surface area contributed by atoms with E-state index < -0.39 is 0 Å². The lowest BCUT2D eigenvalue weighted by Crippen LogP contribution is -2.25. The number of hydrogen-bond acceptors (Lipinski definition) is 5. The SMILES string of the molecule is CCN(CCO)c1ccc(NCc2c(C)noc2C)cc1. The fraction of sp³-hybridized carbons (Fsp3) is 0.438. The highest BCUT2D eigenvalue weighted by atomic mass is 16.5. The Morgan fingerprint density at radius 3 is 2.48 bits per heavy atom. The van der Waals surface area contributed by atoms with E-state index in [1.807, 2.05) is 26.0 Å². The summed E-state index contributed by atoms with van der Waals surface area (Å²) in [5, 5.41) is 16.4. The fourth-order valence-corrected chi connectivity index (χ4v) is 2.33. The lowest BCUT2D eigenvalue weighted by Gasteiger charge is -2.22. The van der Waals surface area contributed by atoms with Crippen molar-refractivity contribution < 1.29 is 9.63 Å². The second-order valence-electron chi connectivity index (χ2n) is 5.01. The Hall–Kier alpha value is -2.01. The van der Waals surface area contributed by atoms with E-state index in [4.69, 9.17) is 9.63 Å². The van der Waals surface area contributed by atoms with Crippen LogP contribution in [0.15, 0.2) is 28.8 Å². The third kappa shape index (κ3) is 3.76. The van der Waals surface area contributed by atoms with E-state index in [9.17, 15) is 0 Å².